The summed E-state index contributed by atoms with van der Waals surface area (Å²) in [4.78, 5) is 28.1. The standard InChI is InChI=1S/C27H22ClN5O5/c1-17-27(36)24(34)7-9-32(17)10-8-29-14-18-11-26(35)38-25-13-22(5-6-23(18)25)37-16-20-15-33(31-30-20)21-4-2-3-19(28)12-21/h2-7,9,11-15,36H,8,10,16H2,1H3. The van der Waals surface area contributed by atoms with Gasteiger partial charge in [0.25, 0.3) is 0 Å². The van der Waals surface area contributed by atoms with Crippen molar-refractivity contribution in [1.29, 1.82) is 0 Å². The van der Waals surface area contributed by atoms with E-state index in [1.54, 1.807) is 65.1 Å². The fourth-order valence-electron chi connectivity index (χ4n) is 3.86. The molecule has 10 nitrogen and oxygen atoms in total. The number of nitrogens with zero attached hydrogens (tertiary/aromatic N) is 5. The Morgan fingerprint density at radius 3 is 2.87 bits per heavy atom. The third-order valence-electron chi connectivity index (χ3n) is 5.86. The van der Waals surface area contributed by atoms with E-state index < -0.39 is 11.1 Å². The molecule has 0 radical (unpaired) electrons. The maximum atomic E-state index is 12.2. The van der Waals surface area contributed by atoms with E-state index >= 15 is 0 Å². The third kappa shape index (κ3) is 5.50. The van der Waals surface area contributed by atoms with Gasteiger partial charge in [0.2, 0.25) is 5.43 Å². The van der Waals surface area contributed by atoms with Crippen molar-refractivity contribution in [2.75, 3.05) is 6.54 Å². The van der Waals surface area contributed by atoms with Crippen LogP contribution in [0.5, 0.6) is 11.5 Å². The molecule has 1 N–H and O–H groups in total. The van der Waals surface area contributed by atoms with E-state index in [0.29, 0.717) is 51.8 Å². The van der Waals surface area contributed by atoms with Crippen LogP contribution in [0.4, 0.5) is 0 Å². The lowest BCUT2D eigenvalue weighted by Crippen LogP contribution is -2.11. The Bertz CT molecular complexity index is 1770. The lowest BCUT2D eigenvalue weighted by Gasteiger charge is -2.09. The lowest BCUT2D eigenvalue weighted by atomic mass is 10.1. The van der Waals surface area contributed by atoms with Crippen LogP contribution in [-0.2, 0) is 13.2 Å². The summed E-state index contributed by atoms with van der Waals surface area (Å²) < 4.78 is 14.6. The van der Waals surface area contributed by atoms with Gasteiger partial charge in [-0.3, -0.25) is 9.79 Å². The van der Waals surface area contributed by atoms with Crippen molar-refractivity contribution in [2.45, 2.75) is 20.1 Å². The van der Waals surface area contributed by atoms with E-state index in [1.165, 1.54) is 12.1 Å². The number of hydrogen-bond donors (Lipinski definition) is 1. The zero-order valence-corrected chi connectivity index (χ0v) is 21.0. The van der Waals surface area contributed by atoms with Crippen molar-refractivity contribution in [1.82, 2.24) is 19.6 Å². The minimum Gasteiger partial charge on any atom is -0.503 e. The molecule has 0 atom stereocenters. The summed E-state index contributed by atoms with van der Waals surface area (Å²) in [5.41, 5.74) is 1.90. The van der Waals surface area contributed by atoms with Crippen molar-refractivity contribution < 1.29 is 14.3 Å². The molecule has 0 aliphatic rings. The number of benzene rings is 2. The minimum absolute atomic E-state index is 0.164. The topological polar surface area (TPSA) is 125 Å². The van der Waals surface area contributed by atoms with E-state index in [2.05, 4.69) is 15.3 Å². The number of aromatic hydroxyl groups is 1. The monoisotopic (exact) mass is 531 g/mol. The normalized spacial score (nSPS) is 11.4. The second-order valence-electron chi connectivity index (χ2n) is 8.44. The van der Waals surface area contributed by atoms with Crippen LogP contribution in [0.1, 0.15) is 17.0 Å². The SMILES string of the molecule is Cc1c(O)c(=O)ccn1CCN=Cc1cc(=O)oc2cc(OCc3cn(-c4cccc(Cl)c4)nn3)ccc12. The molecular formula is C27H22ClN5O5. The van der Waals surface area contributed by atoms with Gasteiger partial charge < -0.3 is 18.8 Å². The highest BCUT2D eigenvalue weighted by atomic mass is 35.5. The van der Waals surface area contributed by atoms with Crippen molar-refractivity contribution >= 4 is 28.8 Å². The van der Waals surface area contributed by atoms with Crippen molar-refractivity contribution in [3.05, 3.63) is 110 Å². The molecule has 3 aromatic heterocycles. The average molecular weight is 532 g/mol. The van der Waals surface area contributed by atoms with Crippen molar-refractivity contribution in [2.24, 2.45) is 4.99 Å². The summed E-state index contributed by atoms with van der Waals surface area (Å²) in [7, 11) is 0. The van der Waals surface area contributed by atoms with Gasteiger partial charge in [0.15, 0.2) is 5.75 Å². The number of ether oxygens (including phenoxy) is 1. The van der Waals surface area contributed by atoms with Crippen LogP contribution in [0.15, 0.2) is 86.0 Å². The van der Waals surface area contributed by atoms with Gasteiger partial charge in [0.1, 0.15) is 23.6 Å². The predicted molar refractivity (Wildman–Crippen MR) is 143 cm³/mol. The summed E-state index contributed by atoms with van der Waals surface area (Å²) in [5.74, 6) is 0.229. The molecule has 11 heteroatoms. The molecule has 0 aliphatic heterocycles. The molecule has 0 saturated heterocycles. The molecule has 0 spiro atoms. The van der Waals surface area contributed by atoms with E-state index in [1.807, 2.05) is 12.1 Å². The molecule has 2 aromatic carbocycles. The first kappa shape index (κ1) is 25.0. The van der Waals surface area contributed by atoms with Crippen LogP contribution in [0.25, 0.3) is 16.7 Å². The molecule has 0 unspecified atom stereocenters. The number of aliphatic imine (C=N–C) groups is 1. The van der Waals surface area contributed by atoms with Crippen molar-refractivity contribution in [3.8, 4) is 17.2 Å². The summed E-state index contributed by atoms with van der Waals surface area (Å²) in [6.45, 7) is 2.66. The Hall–Kier alpha value is -4.70. The Labute approximate surface area is 221 Å². The zero-order valence-electron chi connectivity index (χ0n) is 20.2. The van der Waals surface area contributed by atoms with E-state index in [9.17, 15) is 14.7 Å². The summed E-state index contributed by atoms with van der Waals surface area (Å²) in [5, 5.41) is 19.3. The van der Waals surface area contributed by atoms with Gasteiger partial charge in [-0.15, -0.1) is 5.10 Å². The molecule has 0 bridgehead atoms. The molecule has 192 valence electrons. The molecule has 0 fully saturated rings. The average Bonchev–Trinajstić information content (AvgIpc) is 3.38. The Morgan fingerprint density at radius 1 is 1.16 bits per heavy atom. The van der Waals surface area contributed by atoms with Gasteiger partial charge >= 0.3 is 5.63 Å². The number of rotatable bonds is 8. The molecule has 5 aromatic rings. The van der Waals surface area contributed by atoms with Gasteiger partial charge in [0, 0.05) is 53.1 Å². The third-order valence-corrected chi connectivity index (χ3v) is 6.10. The largest absolute Gasteiger partial charge is 0.503 e. The zero-order chi connectivity index (χ0) is 26.6. The first-order chi connectivity index (χ1) is 18.4. The second kappa shape index (κ2) is 10.7. The maximum Gasteiger partial charge on any atom is 0.336 e. The maximum absolute atomic E-state index is 12.2. The predicted octanol–water partition coefficient (Wildman–Crippen LogP) is 3.90. The molecule has 0 aliphatic carbocycles. The van der Waals surface area contributed by atoms with Gasteiger partial charge in [-0.05, 0) is 37.3 Å². The highest BCUT2D eigenvalue weighted by molar-refractivity contribution is 6.30. The quantitative estimate of drug-likeness (QED) is 0.238. The number of aromatic nitrogens is 4. The van der Waals surface area contributed by atoms with Crippen LogP contribution < -0.4 is 15.8 Å². The van der Waals surface area contributed by atoms with Crippen molar-refractivity contribution in [3.63, 3.8) is 0 Å². The van der Waals surface area contributed by atoms with Crippen LogP contribution in [-0.4, -0.2) is 37.4 Å². The molecule has 0 saturated carbocycles. The fourth-order valence-corrected chi connectivity index (χ4v) is 4.05. The number of fused-ring (bicyclic) bond motifs is 1. The first-order valence-corrected chi connectivity index (χ1v) is 12.0. The fraction of sp³-hybridized carbons (Fsp3) is 0.148. The van der Waals surface area contributed by atoms with Crippen LogP contribution in [0, 0.1) is 6.92 Å². The summed E-state index contributed by atoms with van der Waals surface area (Å²) in [6.07, 6.45) is 4.96. The Balaban J connectivity index is 1.27. The molecule has 5 rings (SSSR count). The molecule has 3 heterocycles. The van der Waals surface area contributed by atoms with Crippen LogP contribution >= 0.6 is 11.6 Å². The molecule has 38 heavy (non-hydrogen) atoms. The van der Waals surface area contributed by atoms with Gasteiger partial charge in [-0.2, -0.15) is 0 Å². The first-order valence-electron chi connectivity index (χ1n) is 11.6. The summed E-state index contributed by atoms with van der Waals surface area (Å²) >= 11 is 6.04. The Morgan fingerprint density at radius 2 is 2.03 bits per heavy atom. The highest BCUT2D eigenvalue weighted by Gasteiger charge is 2.09. The number of pyridine rings is 1. The summed E-state index contributed by atoms with van der Waals surface area (Å²) in [6, 6.07) is 15.1. The number of hydrogen-bond acceptors (Lipinski definition) is 8. The van der Waals surface area contributed by atoms with Crippen LogP contribution in [0.2, 0.25) is 5.02 Å². The second-order valence-corrected chi connectivity index (χ2v) is 8.88. The highest BCUT2D eigenvalue weighted by Crippen LogP contribution is 2.23. The smallest absolute Gasteiger partial charge is 0.336 e. The van der Waals surface area contributed by atoms with E-state index in [-0.39, 0.29) is 12.4 Å². The lowest BCUT2D eigenvalue weighted by molar-refractivity contribution is 0.301. The van der Waals surface area contributed by atoms with Gasteiger partial charge in [0.05, 0.1) is 24.1 Å². The minimum atomic E-state index is -0.512. The van der Waals surface area contributed by atoms with Gasteiger partial charge in [-0.1, -0.05) is 22.9 Å². The Kier molecular flexibility index (Phi) is 7.05. The van der Waals surface area contributed by atoms with E-state index in [0.717, 1.165) is 5.69 Å². The molecule has 0 amide bonds. The van der Waals surface area contributed by atoms with E-state index in [4.69, 9.17) is 20.8 Å². The number of halogens is 1. The molecular weight excluding hydrogens is 510 g/mol. The van der Waals surface area contributed by atoms with Gasteiger partial charge in [-0.25, -0.2) is 9.48 Å². The van der Waals surface area contributed by atoms with Crippen LogP contribution in [0.3, 0.4) is 0 Å².